The molecule has 0 aliphatic heterocycles. The topological polar surface area (TPSA) is 53.7 Å². The summed E-state index contributed by atoms with van der Waals surface area (Å²) in [5, 5.41) is 0. The molecule has 0 bridgehead atoms. The molecule has 0 spiro atoms. The SMILES string of the molecule is COCCOCOC[C@H](N)C(C)C. The molecule has 1 atom stereocenters. The quantitative estimate of drug-likeness (QED) is 0.451. The van der Waals surface area contributed by atoms with Gasteiger partial charge in [0, 0.05) is 13.2 Å². The molecule has 0 heterocycles. The number of methoxy groups -OCH3 is 1. The Morgan fingerprint density at radius 3 is 2.38 bits per heavy atom. The highest BCUT2D eigenvalue weighted by molar-refractivity contribution is 4.62. The predicted octanol–water partition coefficient (Wildman–Crippen LogP) is 0.607. The van der Waals surface area contributed by atoms with Gasteiger partial charge in [-0.2, -0.15) is 0 Å². The fourth-order valence-electron chi connectivity index (χ4n) is 0.637. The highest BCUT2D eigenvalue weighted by Crippen LogP contribution is 1.98. The van der Waals surface area contributed by atoms with E-state index in [0.29, 0.717) is 32.5 Å². The van der Waals surface area contributed by atoms with E-state index in [9.17, 15) is 0 Å². The number of rotatable bonds is 8. The molecule has 0 fully saturated rings. The van der Waals surface area contributed by atoms with Gasteiger partial charge in [-0.25, -0.2) is 0 Å². The summed E-state index contributed by atoms with van der Waals surface area (Å²) in [5.74, 6) is 0.443. The Morgan fingerprint density at radius 1 is 1.15 bits per heavy atom. The van der Waals surface area contributed by atoms with Gasteiger partial charge < -0.3 is 19.9 Å². The lowest BCUT2D eigenvalue weighted by Crippen LogP contribution is -2.32. The molecule has 0 amide bonds. The van der Waals surface area contributed by atoms with E-state index in [4.69, 9.17) is 19.9 Å². The van der Waals surface area contributed by atoms with Crippen LogP contribution in [0.2, 0.25) is 0 Å². The Bertz CT molecular complexity index is 109. The molecule has 13 heavy (non-hydrogen) atoms. The number of hydrogen-bond acceptors (Lipinski definition) is 4. The lowest BCUT2D eigenvalue weighted by atomic mass is 10.1. The largest absolute Gasteiger partial charge is 0.382 e. The molecule has 4 nitrogen and oxygen atoms in total. The van der Waals surface area contributed by atoms with Crippen LogP contribution < -0.4 is 5.73 Å². The normalized spacial score (nSPS) is 13.6. The average molecular weight is 191 g/mol. The predicted molar refractivity (Wildman–Crippen MR) is 51.5 cm³/mol. The van der Waals surface area contributed by atoms with E-state index in [-0.39, 0.29) is 6.04 Å². The zero-order valence-electron chi connectivity index (χ0n) is 8.79. The van der Waals surface area contributed by atoms with Crippen molar-refractivity contribution in [3.63, 3.8) is 0 Å². The van der Waals surface area contributed by atoms with Crippen LogP contribution in [0.5, 0.6) is 0 Å². The van der Waals surface area contributed by atoms with Gasteiger partial charge in [0.1, 0.15) is 6.79 Å². The van der Waals surface area contributed by atoms with Crippen molar-refractivity contribution in [2.24, 2.45) is 11.7 Å². The summed E-state index contributed by atoms with van der Waals surface area (Å²) >= 11 is 0. The van der Waals surface area contributed by atoms with E-state index in [1.54, 1.807) is 7.11 Å². The first-order chi connectivity index (χ1) is 6.18. The Balaban J connectivity index is 3.07. The van der Waals surface area contributed by atoms with Gasteiger partial charge in [-0.1, -0.05) is 13.8 Å². The number of hydrogen-bond donors (Lipinski definition) is 1. The molecule has 0 radical (unpaired) electrons. The van der Waals surface area contributed by atoms with Gasteiger partial charge in [-0.3, -0.25) is 0 Å². The molecular weight excluding hydrogens is 170 g/mol. The second-order valence-electron chi connectivity index (χ2n) is 3.30. The van der Waals surface area contributed by atoms with Gasteiger partial charge in [0.25, 0.3) is 0 Å². The molecule has 80 valence electrons. The van der Waals surface area contributed by atoms with Crippen LogP contribution in [0.3, 0.4) is 0 Å². The lowest BCUT2D eigenvalue weighted by Gasteiger charge is -2.15. The highest BCUT2D eigenvalue weighted by atomic mass is 16.7. The van der Waals surface area contributed by atoms with Crippen molar-refractivity contribution < 1.29 is 14.2 Å². The van der Waals surface area contributed by atoms with E-state index < -0.39 is 0 Å². The molecule has 0 unspecified atom stereocenters. The van der Waals surface area contributed by atoms with E-state index in [1.807, 2.05) is 0 Å². The first-order valence-corrected chi connectivity index (χ1v) is 4.58. The van der Waals surface area contributed by atoms with Crippen LogP contribution in [0.25, 0.3) is 0 Å². The third kappa shape index (κ3) is 8.18. The van der Waals surface area contributed by atoms with Crippen LogP contribution >= 0.6 is 0 Å². The standard InChI is InChI=1S/C9H21NO3/c1-8(2)9(10)6-13-7-12-5-4-11-3/h8-9H,4-7,10H2,1-3H3/t9-/m0/s1. The van der Waals surface area contributed by atoms with Crippen molar-refractivity contribution in [2.75, 3.05) is 33.7 Å². The molecule has 0 aliphatic carbocycles. The Morgan fingerprint density at radius 2 is 1.85 bits per heavy atom. The van der Waals surface area contributed by atoms with E-state index in [1.165, 1.54) is 0 Å². The maximum Gasteiger partial charge on any atom is 0.146 e. The number of nitrogens with two attached hydrogens (primary N) is 1. The second-order valence-corrected chi connectivity index (χ2v) is 3.30. The molecule has 0 aliphatic rings. The Hall–Kier alpha value is -0.160. The van der Waals surface area contributed by atoms with Crippen molar-refractivity contribution in [1.29, 1.82) is 0 Å². The van der Waals surface area contributed by atoms with Crippen molar-refractivity contribution >= 4 is 0 Å². The molecule has 4 heteroatoms. The van der Waals surface area contributed by atoms with Crippen LogP contribution in [0.4, 0.5) is 0 Å². The van der Waals surface area contributed by atoms with Crippen LogP contribution in [-0.4, -0.2) is 39.8 Å². The van der Waals surface area contributed by atoms with Crippen molar-refractivity contribution in [1.82, 2.24) is 0 Å². The molecule has 0 aromatic heterocycles. The Labute approximate surface area is 80.3 Å². The van der Waals surface area contributed by atoms with E-state index >= 15 is 0 Å². The third-order valence-corrected chi connectivity index (χ3v) is 1.77. The van der Waals surface area contributed by atoms with Gasteiger partial charge in [0.2, 0.25) is 0 Å². The maximum absolute atomic E-state index is 5.75. The van der Waals surface area contributed by atoms with Gasteiger partial charge in [-0.15, -0.1) is 0 Å². The van der Waals surface area contributed by atoms with Gasteiger partial charge >= 0.3 is 0 Å². The summed E-state index contributed by atoms with van der Waals surface area (Å²) < 4.78 is 15.1. The average Bonchev–Trinajstić information content (AvgIpc) is 2.10. The van der Waals surface area contributed by atoms with E-state index in [0.717, 1.165) is 0 Å². The van der Waals surface area contributed by atoms with Crippen molar-refractivity contribution in [3.05, 3.63) is 0 Å². The van der Waals surface area contributed by atoms with Crippen LogP contribution in [0, 0.1) is 5.92 Å². The molecule has 0 saturated carbocycles. The third-order valence-electron chi connectivity index (χ3n) is 1.77. The maximum atomic E-state index is 5.75. The highest BCUT2D eigenvalue weighted by Gasteiger charge is 2.06. The minimum absolute atomic E-state index is 0.0889. The second kappa shape index (κ2) is 8.44. The molecule has 0 saturated heterocycles. The Kier molecular flexibility index (Phi) is 8.33. The minimum Gasteiger partial charge on any atom is -0.382 e. The molecule has 0 aromatic rings. The van der Waals surface area contributed by atoms with Crippen LogP contribution in [0.1, 0.15) is 13.8 Å². The zero-order chi connectivity index (χ0) is 10.1. The molecule has 2 N–H and O–H groups in total. The lowest BCUT2D eigenvalue weighted by molar-refractivity contribution is -0.0709. The summed E-state index contributed by atoms with van der Waals surface area (Å²) in [6, 6.07) is 0.0889. The summed E-state index contributed by atoms with van der Waals surface area (Å²) in [6.07, 6.45) is 0. The fourth-order valence-corrected chi connectivity index (χ4v) is 0.637. The first kappa shape index (κ1) is 12.8. The monoisotopic (exact) mass is 191 g/mol. The van der Waals surface area contributed by atoms with E-state index in [2.05, 4.69) is 13.8 Å². The number of ether oxygens (including phenoxy) is 3. The zero-order valence-corrected chi connectivity index (χ0v) is 8.79. The minimum atomic E-state index is 0.0889. The fraction of sp³-hybridized carbons (Fsp3) is 1.00. The van der Waals surface area contributed by atoms with Gasteiger partial charge in [0.05, 0.1) is 19.8 Å². The summed E-state index contributed by atoms with van der Waals surface area (Å²) in [6.45, 7) is 6.14. The smallest absolute Gasteiger partial charge is 0.146 e. The molecule has 0 aromatic carbocycles. The van der Waals surface area contributed by atoms with Crippen LogP contribution in [-0.2, 0) is 14.2 Å². The summed E-state index contributed by atoms with van der Waals surface area (Å²) in [4.78, 5) is 0. The molecule has 0 rings (SSSR count). The summed E-state index contributed by atoms with van der Waals surface area (Å²) in [5.41, 5.74) is 5.75. The first-order valence-electron chi connectivity index (χ1n) is 4.58. The van der Waals surface area contributed by atoms with Gasteiger partial charge in [-0.05, 0) is 5.92 Å². The molecular formula is C9H21NO3. The summed E-state index contributed by atoms with van der Waals surface area (Å²) in [7, 11) is 1.64. The van der Waals surface area contributed by atoms with Crippen LogP contribution in [0.15, 0.2) is 0 Å². The van der Waals surface area contributed by atoms with Gasteiger partial charge in [0.15, 0.2) is 0 Å². The van der Waals surface area contributed by atoms with Crippen molar-refractivity contribution in [3.8, 4) is 0 Å². The van der Waals surface area contributed by atoms with Crippen molar-refractivity contribution in [2.45, 2.75) is 19.9 Å².